The van der Waals surface area contributed by atoms with Crippen LogP contribution in [0.3, 0.4) is 0 Å². The third-order valence-corrected chi connectivity index (χ3v) is 5.13. The van der Waals surface area contributed by atoms with Crippen molar-refractivity contribution in [3.8, 4) is 0 Å². The molecule has 2 atom stereocenters. The number of likely N-dealkylation sites (tertiary alicyclic amines) is 1. The molecule has 0 saturated carbocycles. The van der Waals surface area contributed by atoms with Gasteiger partial charge in [0.2, 0.25) is 5.91 Å². The summed E-state index contributed by atoms with van der Waals surface area (Å²) in [5.41, 5.74) is 1.29. The number of carbonyl (C=O) groups is 1. The minimum Gasteiger partial charge on any atom is -0.385 e. The smallest absolute Gasteiger partial charge is 0.225 e. The first kappa shape index (κ1) is 17.0. The molecule has 1 aliphatic heterocycles. The second-order valence-corrected chi connectivity index (χ2v) is 6.79. The lowest BCUT2D eigenvalue weighted by Gasteiger charge is -2.28. The van der Waals surface area contributed by atoms with Gasteiger partial charge in [-0.3, -0.25) is 4.79 Å². The Balaban J connectivity index is 1.81. The van der Waals surface area contributed by atoms with Gasteiger partial charge in [0, 0.05) is 26.2 Å². The Labute approximate surface area is 144 Å². The maximum absolute atomic E-state index is 12.9. The Morgan fingerprint density at radius 1 is 1.25 bits per heavy atom. The number of nitrogens with zero attached hydrogens (tertiary/aromatic N) is 1. The second kappa shape index (κ2) is 7.80. The van der Waals surface area contributed by atoms with Crippen molar-refractivity contribution in [2.45, 2.75) is 38.6 Å². The fraction of sp³-hybridized carbons (Fsp3) is 0.476. The molecule has 3 heteroatoms. The van der Waals surface area contributed by atoms with Gasteiger partial charge in [-0.2, -0.15) is 0 Å². The fourth-order valence-electron chi connectivity index (χ4n) is 3.84. The van der Waals surface area contributed by atoms with E-state index in [0.717, 1.165) is 38.8 Å². The first-order valence-electron chi connectivity index (χ1n) is 8.99. The molecule has 0 aromatic heterocycles. The topological polar surface area (TPSA) is 29.5 Å². The van der Waals surface area contributed by atoms with Gasteiger partial charge in [-0.15, -0.1) is 0 Å². The molecule has 3 nitrogen and oxygen atoms in total. The Bertz CT molecular complexity index is 692. The summed E-state index contributed by atoms with van der Waals surface area (Å²) in [6, 6.07) is 15.1. The molecule has 0 N–H and O–H groups in total. The Kier molecular flexibility index (Phi) is 5.52. The van der Waals surface area contributed by atoms with Gasteiger partial charge in [0.05, 0.1) is 6.04 Å². The molecule has 1 aliphatic rings. The predicted molar refractivity (Wildman–Crippen MR) is 97.9 cm³/mol. The molecule has 0 aliphatic carbocycles. The summed E-state index contributed by atoms with van der Waals surface area (Å²) in [7, 11) is 1.71. The maximum Gasteiger partial charge on any atom is 0.225 e. The highest BCUT2D eigenvalue weighted by Crippen LogP contribution is 2.37. The van der Waals surface area contributed by atoms with E-state index in [2.05, 4.69) is 54.3 Å². The van der Waals surface area contributed by atoms with E-state index in [1.807, 2.05) is 0 Å². The average Bonchev–Trinajstić information content (AvgIpc) is 3.10. The number of amides is 1. The average molecular weight is 325 g/mol. The van der Waals surface area contributed by atoms with Gasteiger partial charge in [0.1, 0.15) is 0 Å². The SMILES string of the molecule is COCCC[C@@H](C)C(=O)N1CCC[C@H]1c1cccc2ccccc12. The van der Waals surface area contributed by atoms with Crippen LogP contribution in [0.25, 0.3) is 10.8 Å². The van der Waals surface area contributed by atoms with Crippen LogP contribution in [0.5, 0.6) is 0 Å². The van der Waals surface area contributed by atoms with E-state index < -0.39 is 0 Å². The van der Waals surface area contributed by atoms with Crippen LogP contribution in [0.1, 0.15) is 44.2 Å². The minimum atomic E-state index is 0.0655. The Morgan fingerprint density at radius 2 is 2.04 bits per heavy atom. The first-order chi connectivity index (χ1) is 11.7. The van der Waals surface area contributed by atoms with Crippen molar-refractivity contribution in [2.75, 3.05) is 20.3 Å². The number of hydrogen-bond donors (Lipinski definition) is 0. The molecular formula is C21H27NO2. The standard InChI is InChI=1S/C21H27NO2/c1-16(8-7-15-24-2)21(23)22-14-6-13-20(22)19-12-5-10-17-9-3-4-11-18(17)19/h3-5,9-12,16,20H,6-8,13-15H2,1-2H3/t16-,20+/m1/s1. The molecule has 1 saturated heterocycles. The van der Waals surface area contributed by atoms with Crippen molar-refractivity contribution in [1.29, 1.82) is 0 Å². The summed E-state index contributed by atoms with van der Waals surface area (Å²) < 4.78 is 5.11. The zero-order chi connectivity index (χ0) is 16.9. The van der Waals surface area contributed by atoms with Crippen LogP contribution in [-0.2, 0) is 9.53 Å². The molecule has 2 aromatic carbocycles. The van der Waals surface area contributed by atoms with E-state index in [9.17, 15) is 4.79 Å². The lowest BCUT2D eigenvalue weighted by atomic mass is 9.96. The van der Waals surface area contributed by atoms with Gasteiger partial charge in [0.15, 0.2) is 0 Å². The molecule has 0 spiro atoms. The summed E-state index contributed by atoms with van der Waals surface area (Å²) in [4.78, 5) is 15.1. The molecule has 24 heavy (non-hydrogen) atoms. The molecular weight excluding hydrogens is 298 g/mol. The summed E-state index contributed by atoms with van der Waals surface area (Å²) in [5.74, 6) is 0.359. The zero-order valence-corrected chi connectivity index (χ0v) is 14.7. The number of carbonyl (C=O) groups excluding carboxylic acids is 1. The van der Waals surface area contributed by atoms with Crippen LogP contribution in [0.4, 0.5) is 0 Å². The predicted octanol–water partition coefficient (Wildman–Crippen LogP) is 4.57. The maximum atomic E-state index is 12.9. The summed E-state index contributed by atoms with van der Waals surface area (Å²) in [6.07, 6.45) is 3.98. The molecule has 0 bridgehead atoms. The van der Waals surface area contributed by atoms with Gasteiger partial charge in [-0.05, 0) is 42.0 Å². The summed E-state index contributed by atoms with van der Waals surface area (Å²) >= 11 is 0. The van der Waals surface area contributed by atoms with E-state index in [0.29, 0.717) is 5.91 Å². The molecule has 2 aromatic rings. The normalized spacial score (nSPS) is 18.9. The van der Waals surface area contributed by atoms with Crippen LogP contribution in [0, 0.1) is 5.92 Å². The number of benzene rings is 2. The molecule has 0 unspecified atom stereocenters. The number of methoxy groups -OCH3 is 1. The third-order valence-electron chi connectivity index (χ3n) is 5.13. The van der Waals surface area contributed by atoms with Crippen LogP contribution in [0.2, 0.25) is 0 Å². The quantitative estimate of drug-likeness (QED) is 0.728. The molecule has 1 heterocycles. The highest BCUT2D eigenvalue weighted by atomic mass is 16.5. The van der Waals surface area contributed by atoms with Crippen molar-refractivity contribution in [1.82, 2.24) is 4.90 Å². The largest absolute Gasteiger partial charge is 0.385 e. The highest BCUT2D eigenvalue weighted by molar-refractivity contribution is 5.87. The van der Waals surface area contributed by atoms with Crippen LogP contribution < -0.4 is 0 Å². The Hall–Kier alpha value is -1.87. The lowest BCUT2D eigenvalue weighted by molar-refractivity contribution is -0.136. The first-order valence-corrected chi connectivity index (χ1v) is 8.99. The Morgan fingerprint density at radius 3 is 2.88 bits per heavy atom. The van der Waals surface area contributed by atoms with Crippen molar-refractivity contribution in [3.63, 3.8) is 0 Å². The van der Waals surface area contributed by atoms with E-state index in [4.69, 9.17) is 4.74 Å². The van der Waals surface area contributed by atoms with Gasteiger partial charge < -0.3 is 9.64 Å². The zero-order valence-electron chi connectivity index (χ0n) is 14.7. The fourth-order valence-corrected chi connectivity index (χ4v) is 3.84. The summed E-state index contributed by atoms with van der Waals surface area (Å²) in [6.45, 7) is 3.65. The number of fused-ring (bicyclic) bond motifs is 1. The lowest BCUT2D eigenvalue weighted by Crippen LogP contribution is -2.35. The van der Waals surface area contributed by atoms with Crippen molar-refractivity contribution in [3.05, 3.63) is 48.0 Å². The van der Waals surface area contributed by atoms with E-state index in [1.54, 1.807) is 7.11 Å². The van der Waals surface area contributed by atoms with Crippen LogP contribution in [-0.4, -0.2) is 31.1 Å². The minimum absolute atomic E-state index is 0.0655. The summed E-state index contributed by atoms with van der Waals surface area (Å²) in [5, 5.41) is 2.53. The monoisotopic (exact) mass is 325 g/mol. The molecule has 1 fully saturated rings. The highest BCUT2D eigenvalue weighted by Gasteiger charge is 2.32. The third kappa shape index (κ3) is 3.46. The van der Waals surface area contributed by atoms with E-state index in [-0.39, 0.29) is 12.0 Å². The van der Waals surface area contributed by atoms with Gasteiger partial charge >= 0.3 is 0 Å². The number of ether oxygens (including phenoxy) is 1. The van der Waals surface area contributed by atoms with Crippen LogP contribution in [0.15, 0.2) is 42.5 Å². The van der Waals surface area contributed by atoms with Crippen molar-refractivity contribution >= 4 is 16.7 Å². The van der Waals surface area contributed by atoms with Gasteiger partial charge in [-0.1, -0.05) is 49.4 Å². The van der Waals surface area contributed by atoms with Crippen molar-refractivity contribution < 1.29 is 9.53 Å². The van der Waals surface area contributed by atoms with Crippen molar-refractivity contribution in [2.24, 2.45) is 5.92 Å². The number of hydrogen-bond acceptors (Lipinski definition) is 2. The van der Waals surface area contributed by atoms with E-state index in [1.165, 1.54) is 16.3 Å². The molecule has 0 radical (unpaired) electrons. The van der Waals surface area contributed by atoms with Gasteiger partial charge in [0.25, 0.3) is 0 Å². The number of rotatable bonds is 6. The molecule has 3 rings (SSSR count). The van der Waals surface area contributed by atoms with Gasteiger partial charge in [-0.25, -0.2) is 0 Å². The molecule has 128 valence electrons. The van der Waals surface area contributed by atoms with Crippen LogP contribution >= 0.6 is 0 Å². The van der Waals surface area contributed by atoms with E-state index >= 15 is 0 Å². The second-order valence-electron chi connectivity index (χ2n) is 6.79. The molecule has 1 amide bonds.